The van der Waals surface area contributed by atoms with Gasteiger partial charge in [-0.05, 0) is 33.4 Å². The van der Waals surface area contributed by atoms with E-state index in [4.69, 9.17) is 0 Å². The Morgan fingerprint density at radius 2 is 2.00 bits per heavy atom. The molecule has 1 fully saturated rings. The fourth-order valence-electron chi connectivity index (χ4n) is 1.08. The van der Waals surface area contributed by atoms with E-state index < -0.39 is 5.60 Å². The van der Waals surface area contributed by atoms with Crippen LogP contribution in [0.2, 0.25) is 0 Å². The zero-order valence-electron chi connectivity index (χ0n) is 6.18. The summed E-state index contributed by atoms with van der Waals surface area (Å²) in [5.74, 6) is 0. The number of hydrogen-bond acceptors (Lipinski definition) is 1. The summed E-state index contributed by atoms with van der Waals surface area (Å²) in [6, 6.07) is 0. The molecule has 9 heavy (non-hydrogen) atoms. The van der Waals surface area contributed by atoms with Crippen molar-refractivity contribution in [3.8, 4) is 0 Å². The van der Waals surface area contributed by atoms with Gasteiger partial charge in [0, 0.05) is 6.54 Å². The fraction of sp³-hybridized carbons (Fsp3) is 1.00. The van der Waals surface area contributed by atoms with E-state index in [0.29, 0.717) is 6.54 Å². The van der Waals surface area contributed by atoms with Crippen LogP contribution in [0.15, 0.2) is 0 Å². The molecule has 1 heterocycles. The minimum atomic E-state index is -0.750. The zero-order valence-corrected chi connectivity index (χ0v) is 6.18. The maximum absolute atomic E-state index is 11.1. The van der Waals surface area contributed by atoms with Crippen LogP contribution in [0.4, 0.5) is 0 Å². The van der Waals surface area contributed by atoms with Crippen molar-refractivity contribution in [2.45, 2.75) is 25.9 Å². The van der Waals surface area contributed by atoms with Crippen LogP contribution in [0.5, 0.6) is 0 Å². The van der Waals surface area contributed by atoms with E-state index in [9.17, 15) is 5.11 Å². The monoisotopic (exact) mass is 128 g/mol. The lowest BCUT2D eigenvalue weighted by molar-refractivity contribution is -0.0375. The average Bonchev–Trinajstić information content (AvgIpc) is 1.53. The van der Waals surface area contributed by atoms with E-state index in [1.165, 1.54) is 6.42 Å². The van der Waals surface area contributed by atoms with Crippen molar-refractivity contribution in [2.75, 3.05) is 19.6 Å². The minimum absolute atomic E-state index is 0.715. The molecule has 0 amide bonds. The molecule has 0 unspecified atom stereocenters. The standard InChI is InChI=1S/C7H14NO/c1-7(2,9)6-8-4-3-5-8/h3-6H2,1-2H3. The third-order valence-corrected chi connectivity index (χ3v) is 1.55. The normalized spacial score (nSPS) is 21.7. The second-order valence-electron chi connectivity index (χ2n) is 3.39. The molecule has 1 saturated heterocycles. The highest BCUT2D eigenvalue weighted by Gasteiger charge is 2.23. The quantitative estimate of drug-likeness (QED) is 0.542. The largest absolute Gasteiger partial charge is 0.300 e. The van der Waals surface area contributed by atoms with E-state index in [1.807, 2.05) is 0 Å². The first-order chi connectivity index (χ1) is 4.08. The smallest absolute Gasteiger partial charge is 0.111 e. The van der Waals surface area contributed by atoms with Gasteiger partial charge in [0.1, 0.15) is 5.60 Å². The minimum Gasteiger partial charge on any atom is -0.300 e. The molecule has 0 aromatic carbocycles. The van der Waals surface area contributed by atoms with Gasteiger partial charge in [0.2, 0.25) is 0 Å². The Morgan fingerprint density at radius 3 is 2.11 bits per heavy atom. The maximum Gasteiger partial charge on any atom is 0.111 e. The first kappa shape index (κ1) is 7.03. The number of hydrogen-bond donors (Lipinski definition) is 0. The Morgan fingerprint density at radius 1 is 1.44 bits per heavy atom. The van der Waals surface area contributed by atoms with Gasteiger partial charge in [-0.2, -0.15) is 0 Å². The Labute approximate surface area is 56.5 Å². The van der Waals surface area contributed by atoms with E-state index in [-0.39, 0.29) is 0 Å². The zero-order chi connectivity index (χ0) is 6.91. The molecule has 0 saturated carbocycles. The van der Waals surface area contributed by atoms with Crippen LogP contribution >= 0.6 is 0 Å². The fourth-order valence-corrected chi connectivity index (χ4v) is 1.08. The van der Waals surface area contributed by atoms with Gasteiger partial charge in [0.25, 0.3) is 0 Å². The molecule has 53 valence electrons. The average molecular weight is 128 g/mol. The van der Waals surface area contributed by atoms with Crippen molar-refractivity contribution < 1.29 is 5.11 Å². The lowest BCUT2D eigenvalue weighted by Gasteiger charge is -2.34. The molecule has 0 bridgehead atoms. The second kappa shape index (κ2) is 2.27. The molecule has 0 aromatic heterocycles. The van der Waals surface area contributed by atoms with E-state index >= 15 is 0 Å². The SMILES string of the molecule is CC(C)([O])CN1CCC1. The molecule has 1 aliphatic heterocycles. The van der Waals surface area contributed by atoms with Gasteiger partial charge < -0.3 is 4.90 Å². The molecule has 1 rings (SSSR count). The highest BCUT2D eigenvalue weighted by Crippen LogP contribution is 2.11. The topological polar surface area (TPSA) is 23.1 Å². The highest BCUT2D eigenvalue weighted by atomic mass is 16.3. The summed E-state index contributed by atoms with van der Waals surface area (Å²) in [6.07, 6.45) is 1.27. The molecule has 0 aromatic rings. The van der Waals surface area contributed by atoms with Crippen molar-refractivity contribution in [3.63, 3.8) is 0 Å². The molecule has 2 heteroatoms. The van der Waals surface area contributed by atoms with Gasteiger partial charge in [-0.3, -0.25) is 0 Å². The highest BCUT2D eigenvalue weighted by molar-refractivity contribution is 4.76. The van der Waals surface area contributed by atoms with Crippen molar-refractivity contribution in [1.82, 2.24) is 4.90 Å². The van der Waals surface area contributed by atoms with Crippen LogP contribution in [0.25, 0.3) is 0 Å². The number of likely N-dealkylation sites (tertiary alicyclic amines) is 1. The van der Waals surface area contributed by atoms with Crippen LogP contribution in [-0.4, -0.2) is 30.1 Å². The van der Waals surface area contributed by atoms with E-state index in [2.05, 4.69) is 4.90 Å². The maximum atomic E-state index is 11.1. The molecule has 1 radical (unpaired) electrons. The molecule has 0 N–H and O–H groups in total. The van der Waals surface area contributed by atoms with E-state index in [0.717, 1.165) is 13.1 Å². The number of rotatable bonds is 2. The summed E-state index contributed by atoms with van der Waals surface area (Å²) in [5.41, 5.74) is -0.750. The summed E-state index contributed by atoms with van der Waals surface area (Å²) in [4.78, 5) is 2.20. The van der Waals surface area contributed by atoms with Gasteiger partial charge in [0.15, 0.2) is 0 Å². The Balaban J connectivity index is 2.16. The number of nitrogens with zero attached hydrogens (tertiary/aromatic N) is 1. The van der Waals surface area contributed by atoms with E-state index in [1.54, 1.807) is 13.8 Å². The van der Waals surface area contributed by atoms with Crippen LogP contribution < -0.4 is 0 Å². The van der Waals surface area contributed by atoms with Crippen molar-refractivity contribution >= 4 is 0 Å². The summed E-state index contributed by atoms with van der Waals surface area (Å²) < 4.78 is 0. The third-order valence-electron chi connectivity index (χ3n) is 1.55. The van der Waals surface area contributed by atoms with Crippen molar-refractivity contribution in [3.05, 3.63) is 0 Å². The Hall–Kier alpha value is -0.0800. The predicted octanol–water partition coefficient (Wildman–Crippen LogP) is 0.901. The van der Waals surface area contributed by atoms with Crippen LogP contribution in [0.3, 0.4) is 0 Å². The predicted molar refractivity (Wildman–Crippen MR) is 35.8 cm³/mol. The van der Waals surface area contributed by atoms with Gasteiger partial charge >= 0.3 is 0 Å². The summed E-state index contributed by atoms with van der Waals surface area (Å²) in [6.45, 7) is 6.46. The molecule has 2 nitrogen and oxygen atoms in total. The second-order valence-corrected chi connectivity index (χ2v) is 3.39. The first-order valence-corrected chi connectivity index (χ1v) is 3.51. The molecule has 0 atom stereocenters. The lowest BCUT2D eigenvalue weighted by Crippen LogP contribution is -2.45. The third kappa shape index (κ3) is 2.33. The molecular weight excluding hydrogens is 114 g/mol. The van der Waals surface area contributed by atoms with Gasteiger partial charge in [-0.1, -0.05) is 0 Å². The van der Waals surface area contributed by atoms with Gasteiger partial charge in [0.05, 0.1) is 0 Å². The van der Waals surface area contributed by atoms with Crippen LogP contribution in [-0.2, 0) is 5.11 Å². The Bertz CT molecular complexity index is 91.6. The Kier molecular flexibility index (Phi) is 1.78. The molecule has 1 aliphatic rings. The summed E-state index contributed by atoms with van der Waals surface area (Å²) in [7, 11) is 0. The molecule has 0 spiro atoms. The lowest BCUT2D eigenvalue weighted by atomic mass is 10.1. The van der Waals surface area contributed by atoms with Gasteiger partial charge in [-0.15, -0.1) is 0 Å². The van der Waals surface area contributed by atoms with Crippen molar-refractivity contribution in [1.29, 1.82) is 0 Å². The molecular formula is C7H14NO. The van der Waals surface area contributed by atoms with Crippen molar-refractivity contribution in [2.24, 2.45) is 0 Å². The summed E-state index contributed by atoms with van der Waals surface area (Å²) in [5, 5.41) is 11.1. The first-order valence-electron chi connectivity index (χ1n) is 3.51. The summed E-state index contributed by atoms with van der Waals surface area (Å²) >= 11 is 0. The van der Waals surface area contributed by atoms with Crippen LogP contribution in [0.1, 0.15) is 20.3 Å². The van der Waals surface area contributed by atoms with Gasteiger partial charge in [-0.25, -0.2) is 5.11 Å². The molecule has 0 aliphatic carbocycles. The van der Waals surface area contributed by atoms with Crippen LogP contribution in [0, 0.1) is 0 Å².